The highest BCUT2D eigenvalue weighted by Gasteiger charge is 2.33. The van der Waals surface area contributed by atoms with Crippen molar-refractivity contribution in [1.29, 1.82) is 0 Å². The zero-order valence-corrected chi connectivity index (χ0v) is 25.7. The number of hydrogen-bond acceptors (Lipinski definition) is 4. The van der Waals surface area contributed by atoms with Crippen LogP contribution in [0.2, 0.25) is 0 Å². The minimum atomic E-state index is -3.80. The molecule has 0 heterocycles. The molecule has 0 spiro atoms. The average molecular weight is 578 g/mol. The first kappa shape index (κ1) is 31.9. The van der Waals surface area contributed by atoms with E-state index in [4.69, 9.17) is 0 Å². The van der Waals surface area contributed by atoms with Gasteiger partial charge in [0.2, 0.25) is 21.8 Å². The van der Waals surface area contributed by atoms with Gasteiger partial charge < -0.3 is 10.2 Å². The number of benzene rings is 3. The fourth-order valence-electron chi connectivity index (χ4n) is 4.67. The number of hydrogen-bond donors (Lipinski definition) is 1. The van der Waals surface area contributed by atoms with Crippen molar-refractivity contribution in [2.45, 2.75) is 65.5 Å². The number of carbonyl (C=O) groups excluding carboxylic acids is 2. The summed E-state index contributed by atoms with van der Waals surface area (Å²) < 4.78 is 27.1. The van der Waals surface area contributed by atoms with Crippen LogP contribution in [0.3, 0.4) is 0 Å². The Kier molecular flexibility index (Phi) is 11.5. The number of carbonyl (C=O) groups is 2. The van der Waals surface area contributed by atoms with E-state index in [2.05, 4.69) is 26.1 Å². The Morgan fingerprint density at radius 1 is 0.902 bits per heavy atom. The molecule has 0 fully saturated rings. The summed E-state index contributed by atoms with van der Waals surface area (Å²) in [5, 5.41) is 3.01. The number of amides is 2. The van der Waals surface area contributed by atoms with Crippen molar-refractivity contribution in [2.24, 2.45) is 0 Å². The molecular weight excluding hydrogens is 534 g/mol. The fourth-order valence-corrected chi connectivity index (χ4v) is 5.52. The van der Waals surface area contributed by atoms with Gasteiger partial charge in [0, 0.05) is 19.5 Å². The van der Waals surface area contributed by atoms with E-state index in [1.54, 1.807) is 12.1 Å². The van der Waals surface area contributed by atoms with E-state index in [-0.39, 0.29) is 18.4 Å². The molecule has 0 unspecified atom stereocenters. The van der Waals surface area contributed by atoms with E-state index < -0.39 is 28.5 Å². The molecule has 0 aliphatic carbocycles. The summed E-state index contributed by atoms with van der Waals surface area (Å²) >= 11 is 0. The molecule has 7 nitrogen and oxygen atoms in total. The maximum atomic E-state index is 14.2. The van der Waals surface area contributed by atoms with Crippen molar-refractivity contribution < 1.29 is 18.0 Å². The Balaban J connectivity index is 2.03. The van der Waals surface area contributed by atoms with E-state index in [0.29, 0.717) is 18.7 Å². The molecule has 1 atom stereocenters. The Bertz CT molecular complexity index is 1390. The molecule has 1 N–H and O–H groups in total. The first-order chi connectivity index (χ1) is 19.5. The van der Waals surface area contributed by atoms with Crippen LogP contribution in [0.1, 0.15) is 61.8 Å². The second-order valence-electron chi connectivity index (χ2n) is 10.8. The third-order valence-corrected chi connectivity index (χ3v) is 8.37. The van der Waals surface area contributed by atoms with Crippen LogP contribution in [0.15, 0.2) is 78.9 Å². The monoisotopic (exact) mass is 577 g/mol. The van der Waals surface area contributed by atoms with Crippen molar-refractivity contribution in [2.75, 3.05) is 23.7 Å². The molecule has 3 aromatic carbocycles. The molecular formula is C33H43N3O4S. The minimum absolute atomic E-state index is 0.175. The van der Waals surface area contributed by atoms with E-state index in [1.807, 2.05) is 73.7 Å². The largest absolute Gasteiger partial charge is 0.354 e. The highest BCUT2D eigenvalue weighted by atomic mass is 32.2. The van der Waals surface area contributed by atoms with Gasteiger partial charge in [-0.3, -0.25) is 13.9 Å². The van der Waals surface area contributed by atoms with Crippen molar-refractivity contribution in [1.82, 2.24) is 10.2 Å². The molecule has 0 saturated carbocycles. The topological polar surface area (TPSA) is 86.8 Å². The van der Waals surface area contributed by atoms with Crippen LogP contribution in [0.5, 0.6) is 0 Å². The Hall–Kier alpha value is -3.65. The Labute approximate surface area is 245 Å². The number of aryl methyl sites for hydroxylation is 1. The fraction of sp³-hybridized carbons (Fsp3) is 0.394. The van der Waals surface area contributed by atoms with Crippen molar-refractivity contribution in [3.05, 3.63) is 101 Å². The first-order valence-electron chi connectivity index (χ1n) is 14.2. The zero-order chi connectivity index (χ0) is 30.0. The predicted octanol–water partition coefficient (Wildman–Crippen LogP) is 5.44. The van der Waals surface area contributed by atoms with Gasteiger partial charge in [-0.05, 0) is 53.6 Å². The van der Waals surface area contributed by atoms with Gasteiger partial charge in [-0.2, -0.15) is 0 Å². The van der Waals surface area contributed by atoms with Crippen LogP contribution in [0.4, 0.5) is 5.69 Å². The SMILES string of the molecule is CCCCNC(=O)[C@H](Cc1ccccc1)N(Cc1ccccc1C)C(=O)CN(c1ccc(C(C)C)cc1)S(C)(=O)=O. The van der Waals surface area contributed by atoms with Gasteiger partial charge in [-0.1, -0.05) is 93.9 Å². The van der Waals surface area contributed by atoms with Crippen LogP contribution in [-0.4, -0.2) is 50.5 Å². The summed E-state index contributed by atoms with van der Waals surface area (Å²) in [6.45, 7) is 8.40. The highest BCUT2D eigenvalue weighted by Crippen LogP contribution is 2.24. The Morgan fingerprint density at radius 2 is 1.54 bits per heavy atom. The number of nitrogens with zero attached hydrogens (tertiary/aromatic N) is 2. The molecule has 3 aromatic rings. The minimum Gasteiger partial charge on any atom is -0.354 e. The van der Waals surface area contributed by atoms with E-state index in [1.165, 1.54) is 4.90 Å². The van der Waals surface area contributed by atoms with Crippen molar-refractivity contribution >= 4 is 27.5 Å². The molecule has 0 aliphatic rings. The van der Waals surface area contributed by atoms with Gasteiger partial charge in [0.05, 0.1) is 11.9 Å². The van der Waals surface area contributed by atoms with Gasteiger partial charge in [0.15, 0.2) is 0 Å². The number of unbranched alkanes of at least 4 members (excludes halogenated alkanes) is 1. The third kappa shape index (κ3) is 9.18. The molecule has 220 valence electrons. The van der Waals surface area contributed by atoms with Crippen LogP contribution in [-0.2, 0) is 32.6 Å². The molecule has 0 radical (unpaired) electrons. The van der Waals surface area contributed by atoms with E-state index in [0.717, 1.165) is 45.7 Å². The molecule has 0 saturated heterocycles. The number of anilines is 1. The van der Waals surface area contributed by atoms with Gasteiger partial charge in [-0.25, -0.2) is 8.42 Å². The quantitative estimate of drug-likeness (QED) is 0.259. The molecule has 41 heavy (non-hydrogen) atoms. The van der Waals surface area contributed by atoms with Crippen LogP contribution < -0.4 is 9.62 Å². The van der Waals surface area contributed by atoms with Gasteiger partial charge in [0.1, 0.15) is 12.6 Å². The summed E-state index contributed by atoms with van der Waals surface area (Å²) in [5.74, 6) is -0.415. The molecule has 0 bridgehead atoms. The predicted molar refractivity (Wildman–Crippen MR) is 166 cm³/mol. The second-order valence-corrected chi connectivity index (χ2v) is 12.7. The van der Waals surface area contributed by atoms with Crippen LogP contribution >= 0.6 is 0 Å². The maximum Gasteiger partial charge on any atom is 0.244 e. The summed E-state index contributed by atoms with van der Waals surface area (Å²) in [6.07, 6.45) is 3.15. The summed E-state index contributed by atoms with van der Waals surface area (Å²) in [7, 11) is -3.80. The average Bonchev–Trinajstić information content (AvgIpc) is 2.94. The molecule has 0 aliphatic heterocycles. The highest BCUT2D eigenvalue weighted by molar-refractivity contribution is 7.92. The van der Waals surface area contributed by atoms with Gasteiger partial charge >= 0.3 is 0 Å². The van der Waals surface area contributed by atoms with Gasteiger partial charge in [-0.15, -0.1) is 0 Å². The van der Waals surface area contributed by atoms with Gasteiger partial charge in [0.25, 0.3) is 0 Å². The first-order valence-corrected chi connectivity index (χ1v) is 16.1. The number of rotatable bonds is 14. The lowest BCUT2D eigenvalue weighted by atomic mass is 10.0. The second kappa shape index (κ2) is 14.8. The van der Waals surface area contributed by atoms with E-state index >= 15 is 0 Å². The van der Waals surface area contributed by atoms with Crippen molar-refractivity contribution in [3.8, 4) is 0 Å². The number of sulfonamides is 1. The zero-order valence-electron chi connectivity index (χ0n) is 24.8. The maximum absolute atomic E-state index is 14.2. The smallest absolute Gasteiger partial charge is 0.244 e. The normalized spacial score (nSPS) is 12.1. The lowest BCUT2D eigenvalue weighted by molar-refractivity contribution is -0.140. The molecule has 3 rings (SSSR count). The summed E-state index contributed by atoms with van der Waals surface area (Å²) in [4.78, 5) is 29.4. The molecule has 0 aromatic heterocycles. The lowest BCUT2D eigenvalue weighted by Gasteiger charge is -2.34. The third-order valence-electron chi connectivity index (χ3n) is 7.23. The van der Waals surface area contributed by atoms with Crippen LogP contribution in [0, 0.1) is 6.92 Å². The standard InChI is InChI=1S/C33H43N3O4S/c1-6-7-21-34-33(38)31(22-27-14-9-8-10-15-27)35(23-29-16-12-11-13-26(29)4)32(37)24-36(41(5,39)40)30-19-17-28(18-20-30)25(2)3/h8-20,25,31H,6-7,21-24H2,1-5H3,(H,34,38)/t31-/m0/s1. The lowest BCUT2D eigenvalue weighted by Crippen LogP contribution is -2.53. The summed E-state index contributed by atoms with van der Waals surface area (Å²) in [6, 6.07) is 23.7. The Morgan fingerprint density at radius 3 is 2.12 bits per heavy atom. The van der Waals surface area contributed by atoms with Crippen LogP contribution in [0.25, 0.3) is 0 Å². The van der Waals surface area contributed by atoms with Crippen molar-refractivity contribution in [3.63, 3.8) is 0 Å². The summed E-state index contributed by atoms with van der Waals surface area (Å²) in [5.41, 5.74) is 4.27. The number of nitrogens with one attached hydrogen (secondary N) is 1. The molecule has 2 amide bonds. The molecule has 8 heteroatoms. The van der Waals surface area contributed by atoms with E-state index in [9.17, 15) is 18.0 Å².